The summed E-state index contributed by atoms with van der Waals surface area (Å²) in [6.07, 6.45) is -0.690. The highest BCUT2D eigenvalue weighted by molar-refractivity contribution is 6.00. The number of esters is 1. The molecule has 1 aromatic heterocycles. The van der Waals surface area contributed by atoms with E-state index >= 15 is 0 Å². The smallest absolute Gasteiger partial charge is 0.339 e. The number of nitrogens with one attached hydrogen (secondary N) is 1. The van der Waals surface area contributed by atoms with Crippen molar-refractivity contribution in [2.24, 2.45) is 0 Å². The van der Waals surface area contributed by atoms with Crippen molar-refractivity contribution in [1.82, 2.24) is 4.98 Å². The maximum absolute atomic E-state index is 13.1. The van der Waals surface area contributed by atoms with Gasteiger partial charge in [0, 0.05) is 11.8 Å². The molecular formula is C26H22N2O6. The maximum atomic E-state index is 13.1. The van der Waals surface area contributed by atoms with Crippen molar-refractivity contribution in [3.63, 3.8) is 0 Å². The summed E-state index contributed by atoms with van der Waals surface area (Å²) >= 11 is 0. The first-order valence-corrected chi connectivity index (χ1v) is 11.0. The summed E-state index contributed by atoms with van der Waals surface area (Å²) in [5.41, 5.74) is 2.58. The molecule has 0 aliphatic carbocycles. The molecule has 172 valence electrons. The number of para-hydroxylation sites is 2. The van der Waals surface area contributed by atoms with Gasteiger partial charge in [-0.2, -0.15) is 0 Å². The number of fused-ring (bicyclic) bond motifs is 2. The molecule has 1 atom stereocenters. The van der Waals surface area contributed by atoms with Crippen LogP contribution in [0.25, 0.3) is 22.6 Å². The summed E-state index contributed by atoms with van der Waals surface area (Å²) in [5.74, 6) is 0.413. The summed E-state index contributed by atoms with van der Waals surface area (Å²) in [7, 11) is 0. The zero-order valence-electron chi connectivity index (χ0n) is 18.4. The summed E-state index contributed by atoms with van der Waals surface area (Å²) < 4.78 is 22.5. The minimum atomic E-state index is -0.989. The minimum Gasteiger partial charge on any atom is -0.486 e. The third kappa shape index (κ3) is 4.30. The average molecular weight is 458 g/mol. The second kappa shape index (κ2) is 9.27. The topological polar surface area (TPSA) is 99.9 Å². The van der Waals surface area contributed by atoms with E-state index in [1.807, 2.05) is 24.3 Å². The van der Waals surface area contributed by atoms with Gasteiger partial charge in [-0.15, -0.1) is 0 Å². The van der Waals surface area contributed by atoms with Crippen molar-refractivity contribution >= 4 is 28.7 Å². The fraction of sp³-hybridized carbons (Fsp3) is 0.192. The number of carbonyl (C=O) groups excluding carboxylic acids is 2. The molecule has 8 nitrogen and oxygen atoms in total. The molecule has 1 amide bonds. The number of amides is 1. The molecule has 0 saturated carbocycles. The number of hydrogen-bond acceptors (Lipinski definition) is 7. The van der Waals surface area contributed by atoms with Crippen LogP contribution >= 0.6 is 0 Å². The second-order valence-electron chi connectivity index (χ2n) is 7.68. The van der Waals surface area contributed by atoms with E-state index in [1.165, 1.54) is 0 Å². The van der Waals surface area contributed by atoms with Gasteiger partial charge in [-0.3, -0.25) is 4.79 Å². The van der Waals surface area contributed by atoms with Crippen LogP contribution in [0.3, 0.4) is 0 Å². The monoisotopic (exact) mass is 458 g/mol. The van der Waals surface area contributed by atoms with Crippen LogP contribution in [0, 0.1) is 0 Å². The van der Waals surface area contributed by atoms with Crippen molar-refractivity contribution in [2.75, 3.05) is 18.5 Å². The number of aromatic nitrogens is 1. The quantitative estimate of drug-likeness (QED) is 0.413. The van der Waals surface area contributed by atoms with Crippen molar-refractivity contribution < 1.29 is 28.2 Å². The van der Waals surface area contributed by atoms with E-state index in [0.29, 0.717) is 59.4 Å². The standard InChI is InChI=1S/C26H22N2O6/c1-2-20(24(29)27-16-11-12-22-23(15-16)32-14-13-31-22)34-26(30)18-8-4-3-7-17(18)25-28-19-9-5-6-10-21(19)33-25/h3-12,15,20H,2,13-14H2,1H3,(H,27,29). The lowest BCUT2D eigenvalue weighted by Gasteiger charge is -2.20. The summed E-state index contributed by atoms with van der Waals surface area (Å²) in [4.78, 5) is 30.4. The van der Waals surface area contributed by atoms with E-state index in [9.17, 15) is 9.59 Å². The van der Waals surface area contributed by atoms with Gasteiger partial charge in [0.25, 0.3) is 5.91 Å². The fourth-order valence-electron chi connectivity index (χ4n) is 3.69. The molecule has 4 aromatic rings. The molecular weight excluding hydrogens is 436 g/mol. The normalized spacial score (nSPS) is 13.3. The summed E-state index contributed by atoms with van der Waals surface area (Å²) in [6, 6.07) is 19.3. The lowest BCUT2D eigenvalue weighted by Crippen LogP contribution is -2.32. The fourth-order valence-corrected chi connectivity index (χ4v) is 3.69. The Bertz CT molecular complexity index is 1330. The number of benzene rings is 3. The van der Waals surface area contributed by atoms with E-state index < -0.39 is 18.0 Å². The Labute approximate surface area is 195 Å². The van der Waals surface area contributed by atoms with Gasteiger partial charge in [-0.25, -0.2) is 9.78 Å². The third-order valence-corrected chi connectivity index (χ3v) is 5.39. The van der Waals surface area contributed by atoms with Crippen LogP contribution in [0.4, 0.5) is 5.69 Å². The SMILES string of the molecule is CCC(OC(=O)c1ccccc1-c1nc2ccccc2o1)C(=O)Nc1ccc2c(c1)OCCO2. The minimum absolute atomic E-state index is 0.264. The van der Waals surface area contributed by atoms with Crippen LogP contribution in [-0.2, 0) is 9.53 Å². The first kappa shape index (κ1) is 21.5. The molecule has 1 aliphatic rings. The van der Waals surface area contributed by atoms with Gasteiger partial charge in [0.2, 0.25) is 5.89 Å². The molecule has 0 radical (unpaired) electrons. The van der Waals surface area contributed by atoms with E-state index in [1.54, 1.807) is 49.4 Å². The van der Waals surface area contributed by atoms with Gasteiger partial charge >= 0.3 is 5.97 Å². The van der Waals surface area contributed by atoms with E-state index in [0.717, 1.165) is 0 Å². The molecule has 1 N–H and O–H groups in total. The Morgan fingerprint density at radius 1 is 1.00 bits per heavy atom. The molecule has 8 heteroatoms. The molecule has 0 bridgehead atoms. The van der Waals surface area contributed by atoms with Gasteiger partial charge in [-0.05, 0) is 42.8 Å². The molecule has 0 spiro atoms. The van der Waals surface area contributed by atoms with Crippen molar-refractivity contribution in [2.45, 2.75) is 19.4 Å². The van der Waals surface area contributed by atoms with Gasteiger partial charge in [0.05, 0.1) is 11.1 Å². The number of ether oxygens (including phenoxy) is 3. The summed E-state index contributed by atoms with van der Waals surface area (Å²) in [5, 5.41) is 2.78. The highest BCUT2D eigenvalue weighted by Gasteiger charge is 2.25. The number of oxazole rings is 1. The molecule has 0 saturated heterocycles. The Kier molecular flexibility index (Phi) is 5.86. The third-order valence-electron chi connectivity index (χ3n) is 5.39. The van der Waals surface area contributed by atoms with Gasteiger partial charge < -0.3 is 23.9 Å². The van der Waals surface area contributed by atoms with E-state index in [-0.39, 0.29) is 5.56 Å². The van der Waals surface area contributed by atoms with Crippen LogP contribution in [0.15, 0.2) is 71.1 Å². The molecule has 0 fully saturated rings. The van der Waals surface area contributed by atoms with Crippen LogP contribution in [0.5, 0.6) is 11.5 Å². The van der Waals surface area contributed by atoms with E-state index in [2.05, 4.69) is 10.3 Å². The molecule has 34 heavy (non-hydrogen) atoms. The van der Waals surface area contributed by atoms with Crippen molar-refractivity contribution in [1.29, 1.82) is 0 Å². The molecule has 5 rings (SSSR count). The first-order chi connectivity index (χ1) is 16.6. The van der Waals surface area contributed by atoms with Gasteiger partial charge in [0.15, 0.2) is 23.2 Å². The predicted molar refractivity (Wildman–Crippen MR) is 125 cm³/mol. The van der Waals surface area contributed by atoms with Crippen LogP contribution < -0.4 is 14.8 Å². The zero-order chi connectivity index (χ0) is 23.5. The molecule has 2 heterocycles. The predicted octanol–water partition coefficient (Wildman–Crippen LogP) is 4.84. The highest BCUT2D eigenvalue weighted by atomic mass is 16.6. The van der Waals surface area contributed by atoms with Crippen LogP contribution in [-0.4, -0.2) is 36.2 Å². The number of anilines is 1. The Balaban J connectivity index is 1.33. The second-order valence-corrected chi connectivity index (χ2v) is 7.68. The number of hydrogen-bond donors (Lipinski definition) is 1. The molecule has 1 unspecified atom stereocenters. The Morgan fingerprint density at radius 3 is 2.59 bits per heavy atom. The lowest BCUT2D eigenvalue weighted by molar-refractivity contribution is -0.124. The zero-order valence-corrected chi connectivity index (χ0v) is 18.4. The van der Waals surface area contributed by atoms with Gasteiger partial charge in [-0.1, -0.05) is 31.2 Å². The number of rotatable bonds is 6. The van der Waals surface area contributed by atoms with Crippen molar-refractivity contribution in [3.8, 4) is 23.0 Å². The Hall–Kier alpha value is -4.33. The van der Waals surface area contributed by atoms with Crippen molar-refractivity contribution in [3.05, 3.63) is 72.3 Å². The maximum Gasteiger partial charge on any atom is 0.339 e. The first-order valence-electron chi connectivity index (χ1n) is 11.0. The van der Waals surface area contributed by atoms with Crippen LogP contribution in [0.1, 0.15) is 23.7 Å². The van der Waals surface area contributed by atoms with Crippen LogP contribution in [0.2, 0.25) is 0 Å². The lowest BCUT2D eigenvalue weighted by atomic mass is 10.1. The Morgan fingerprint density at radius 2 is 1.76 bits per heavy atom. The largest absolute Gasteiger partial charge is 0.486 e. The molecule has 3 aromatic carbocycles. The highest BCUT2D eigenvalue weighted by Crippen LogP contribution is 2.33. The number of carbonyl (C=O) groups is 2. The average Bonchev–Trinajstić information content (AvgIpc) is 3.31. The van der Waals surface area contributed by atoms with Gasteiger partial charge in [0.1, 0.15) is 18.7 Å². The van der Waals surface area contributed by atoms with E-state index in [4.69, 9.17) is 18.6 Å². The summed E-state index contributed by atoms with van der Waals surface area (Å²) in [6.45, 7) is 2.70. The number of nitrogens with zero attached hydrogens (tertiary/aromatic N) is 1. The molecule has 1 aliphatic heterocycles.